The lowest BCUT2D eigenvalue weighted by atomic mass is 10.0. The molecule has 19 heavy (non-hydrogen) atoms. The second-order valence-electron chi connectivity index (χ2n) is 5.52. The first kappa shape index (κ1) is 15.7. The molecule has 1 aromatic carbocycles. The van der Waals surface area contributed by atoms with Gasteiger partial charge in [0.2, 0.25) is 5.91 Å². The van der Waals surface area contributed by atoms with E-state index in [9.17, 15) is 4.79 Å². The summed E-state index contributed by atoms with van der Waals surface area (Å²) < 4.78 is 0. The molecule has 0 saturated heterocycles. The molecule has 1 rings (SSSR count). The second-order valence-corrected chi connectivity index (χ2v) is 5.52. The fourth-order valence-corrected chi connectivity index (χ4v) is 2.06. The van der Waals surface area contributed by atoms with Gasteiger partial charge < -0.3 is 16.0 Å². The van der Waals surface area contributed by atoms with Gasteiger partial charge in [0.1, 0.15) is 0 Å². The van der Waals surface area contributed by atoms with Crippen molar-refractivity contribution in [3.05, 3.63) is 35.4 Å². The molecule has 4 nitrogen and oxygen atoms in total. The van der Waals surface area contributed by atoms with Crippen LogP contribution in [0.3, 0.4) is 0 Å². The third kappa shape index (κ3) is 5.01. The zero-order valence-electron chi connectivity index (χ0n) is 12.3. The number of primary amides is 1. The molecular formula is C15H25N3O. The highest BCUT2D eigenvalue weighted by Crippen LogP contribution is 2.10. The molecule has 0 saturated carbocycles. The summed E-state index contributed by atoms with van der Waals surface area (Å²) in [5.74, 6) is 0.161. The van der Waals surface area contributed by atoms with Crippen molar-refractivity contribution in [2.45, 2.75) is 26.4 Å². The summed E-state index contributed by atoms with van der Waals surface area (Å²) in [6, 6.07) is 7.87. The molecule has 0 heterocycles. The van der Waals surface area contributed by atoms with E-state index in [0.717, 1.165) is 12.1 Å². The van der Waals surface area contributed by atoms with Crippen LogP contribution in [0.15, 0.2) is 24.3 Å². The molecule has 1 amide bonds. The number of amides is 1. The molecule has 0 aromatic heterocycles. The Morgan fingerprint density at radius 2 is 1.95 bits per heavy atom. The smallest absolute Gasteiger partial charge is 0.249 e. The molecule has 0 radical (unpaired) electrons. The molecule has 4 heteroatoms. The topological polar surface area (TPSA) is 58.4 Å². The zero-order chi connectivity index (χ0) is 14.4. The molecule has 1 aromatic rings. The van der Waals surface area contributed by atoms with E-state index in [0.29, 0.717) is 24.1 Å². The fraction of sp³-hybridized carbons (Fsp3) is 0.533. The number of benzene rings is 1. The maximum Gasteiger partial charge on any atom is 0.249 e. The van der Waals surface area contributed by atoms with Gasteiger partial charge in [-0.1, -0.05) is 32.0 Å². The van der Waals surface area contributed by atoms with Crippen LogP contribution in [0, 0.1) is 5.92 Å². The molecule has 0 aliphatic rings. The number of carbonyl (C=O) groups excluding carboxylic acids is 1. The first-order chi connectivity index (χ1) is 8.91. The molecule has 0 bridgehead atoms. The predicted octanol–water partition coefficient (Wildman–Crippen LogP) is 1.46. The van der Waals surface area contributed by atoms with Crippen molar-refractivity contribution >= 4 is 5.91 Å². The highest BCUT2D eigenvalue weighted by molar-refractivity contribution is 5.94. The number of hydrogen-bond donors (Lipinski definition) is 2. The number of rotatable bonds is 7. The van der Waals surface area contributed by atoms with Crippen molar-refractivity contribution in [2.75, 3.05) is 20.6 Å². The Bertz CT molecular complexity index is 416. The maximum atomic E-state index is 11.4. The van der Waals surface area contributed by atoms with Gasteiger partial charge in [-0.2, -0.15) is 0 Å². The molecule has 0 aliphatic heterocycles. The van der Waals surface area contributed by atoms with Crippen molar-refractivity contribution in [1.29, 1.82) is 0 Å². The van der Waals surface area contributed by atoms with Crippen molar-refractivity contribution in [3.8, 4) is 0 Å². The van der Waals surface area contributed by atoms with E-state index in [2.05, 4.69) is 38.2 Å². The summed E-state index contributed by atoms with van der Waals surface area (Å²) >= 11 is 0. The largest absolute Gasteiger partial charge is 0.366 e. The Morgan fingerprint density at radius 1 is 1.32 bits per heavy atom. The van der Waals surface area contributed by atoms with E-state index >= 15 is 0 Å². The number of carbonyl (C=O) groups is 1. The summed E-state index contributed by atoms with van der Waals surface area (Å²) in [5, 5.41) is 3.51. The summed E-state index contributed by atoms with van der Waals surface area (Å²) in [6.07, 6.45) is 0. The molecule has 0 fully saturated rings. The van der Waals surface area contributed by atoms with Crippen LogP contribution in [-0.4, -0.2) is 37.5 Å². The third-order valence-electron chi connectivity index (χ3n) is 3.20. The van der Waals surface area contributed by atoms with Gasteiger partial charge in [0.15, 0.2) is 0 Å². The molecule has 1 atom stereocenters. The van der Waals surface area contributed by atoms with Crippen LogP contribution >= 0.6 is 0 Å². The monoisotopic (exact) mass is 263 g/mol. The van der Waals surface area contributed by atoms with Crippen LogP contribution in [0.4, 0.5) is 0 Å². The Hall–Kier alpha value is -1.39. The van der Waals surface area contributed by atoms with Crippen LogP contribution in [0.1, 0.15) is 29.8 Å². The zero-order valence-corrected chi connectivity index (χ0v) is 12.3. The fourth-order valence-electron chi connectivity index (χ4n) is 2.06. The molecule has 1 unspecified atom stereocenters. The van der Waals surface area contributed by atoms with E-state index in [4.69, 9.17) is 5.73 Å². The van der Waals surface area contributed by atoms with E-state index in [-0.39, 0.29) is 5.91 Å². The van der Waals surface area contributed by atoms with Gasteiger partial charge in [0, 0.05) is 24.7 Å². The molecule has 0 spiro atoms. The van der Waals surface area contributed by atoms with E-state index in [1.807, 2.05) is 18.2 Å². The average Bonchev–Trinajstić information content (AvgIpc) is 2.34. The quantitative estimate of drug-likeness (QED) is 0.783. The number of nitrogens with one attached hydrogen (secondary N) is 1. The van der Waals surface area contributed by atoms with E-state index in [1.165, 1.54) is 0 Å². The van der Waals surface area contributed by atoms with Crippen molar-refractivity contribution in [2.24, 2.45) is 11.7 Å². The average molecular weight is 263 g/mol. The second kappa shape index (κ2) is 7.26. The summed E-state index contributed by atoms with van der Waals surface area (Å²) in [4.78, 5) is 13.5. The van der Waals surface area contributed by atoms with Crippen LogP contribution in [0.2, 0.25) is 0 Å². The molecular weight excluding hydrogens is 238 g/mol. The van der Waals surface area contributed by atoms with Gasteiger partial charge in [0.25, 0.3) is 0 Å². The molecule has 106 valence electrons. The van der Waals surface area contributed by atoms with Gasteiger partial charge >= 0.3 is 0 Å². The highest BCUT2D eigenvalue weighted by Gasteiger charge is 2.15. The number of nitrogens with zero attached hydrogens (tertiary/aromatic N) is 1. The van der Waals surface area contributed by atoms with Crippen molar-refractivity contribution < 1.29 is 4.79 Å². The normalized spacial score (nSPS) is 12.9. The Labute approximate surface area is 116 Å². The summed E-state index contributed by atoms with van der Waals surface area (Å²) in [5.41, 5.74) is 6.94. The molecule has 0 aliphatic carbocycles. The lowest BCUT2D eigenvalue weighted by molar-refractivity contribution is 0.0999. The van der Waals surface area contributed by atoms with Crippen molar-refractivity contribution in [3.63, 3.8) is 0 Å². The Balaban J connectivity index is 2.71. The lowest BCUT2D eigenvalue weighted by Crippen LogP contribution is -2.41. The minimum absolute atomic E-state index is 0.369. The number of likely N-dealkylation sites (N-methyl/N-ethyl adjacent to an activating group) is 1. The summed E-state index contributed by atoms with van der Waals surface area (Å²) in [7, 11) is 4.13. The number of nitrogens with two attached hydrogens (primary N) is 1. The minimum atomic E-state index is -0.369. The minimum Gasteiger partial charge on any atom is -0.366 e. The van der Waals surface area contributed by atoms with E-state index < -0.39 is 0 Å². The highest BCUT2D eigenvalue weighted by atomic mass is 16.1. The van der Waals surface area contributed by atoms with Gasteiger partial charge in [-0.25, -0.2) is 0 Å². The number of hydrogen-bond acceptors (Lipinski definition) is 3. The first-order valence-electron chi connectivity index (χ1n) is 6.67. The Morgan fingerprint density at radius 3 is 2.47 bits per heavy atom. The standard InChI is InChI=1S/C15H25N3O/c1-11(2)14(10-18(3)4)17-9-12-7-5-6-8-13(12)15(16)19/h5-8,11,14,17H,9-10H2,1-4H3,(H2,16,19). The van der Waals surface area contributed by atoms with Crippen LogP contribution in [-0.2, 0) is 6.54 Å². The van der Waals surface area contributed by atoms with Crippen LogP contribution < -0.4 is 11.1 Å². The summed E-state index contributed by atoms with van der Waals surface area (Å²) in [6.45, 7) is 6.02. The van der Waals surface area contributed by atoms with Gasteiger partial charge in [-0.15, -0.1) is 0 Å². The lowest BCUT2D eigenvalue weighted by Gasteiger charge is -2.26. The first-order valence-corrected chi connectivity index (χ1v) is 6.67. The molecule has 3 N–H and O–H groups in total. The van der Waals surface area contributed by atoms with E-state index in [1.54, 1.807) is 6.07 Å². The van der Waals surface area contributed by atoms with Gasteiger partial charge in [-0.05, 0) is 31.6 Å². The van der Waals surface area contributed by atoms with Gasteiger partial charge in [0.05, 0.1) is 0 Å². The van der Waals surface area contributed by atoms with Crippen LogP contribution in [0.25, 0.3) is 0 Å². The Kier molecular flexibility index (Phi) is 5.99. The predicted molar refractivity (Wildman–Crippen MR) is 79.0 cm³/mol. The van der Waals surface area contributed by atoms with Gasteiger partial charge in [-0.3, -0.25) is 4.79 Å². The van der Waals surface area contributed by atoms with Crippen LogP contribution in [0.5, 0.6) is 0 Å². The van der Waals surface area contributed by atoms with Crippen molar-refractivity contribution in [1.82, 2.24) is 10.2 Å². The maximum absolute atomic E-state index is 11.4. The third-order valence-corrected chi connectivity index (χ3v) is 3.20. The SMILES string of the molecule is CC(C)C(CN(C)C)NCc1ccccc1C(N)=O.